The molecule has 0 aromatic carbocycles. The molecule has 2 rings (SSSR count). The molecule has 0 aliphatic rings. The van der Waals surface area contributed by atoms with Crippen molar-refractivity contribution in [3.8, 4) is 10.6 Å². The van der Waals surface area contributed by atoms with E-state index in [1.807, 2.05) is 36.7 Å². The first kappa shape index (κ1) is 11.3. The van der Waals surface area contributed by atoms with Crippen LogP contribution in [0.1, 0.15) is 23.6 Å². The Labute approximate surface area is 102 Å². The van der Waals surface area contributed by atoms with Gasteiger partial charge in [-0.1, -0.05) is 6.07 Å². The number of rotatable bonds is 3. The monoisotopic (exact) mass is 252 g/mol. The molecule has 0 aliphatic heterocycles. The molecular weight excluding hydrogens is 240 g/mol. The number of hydrogen-bond acceptors (Lipinski definition) is 4. The van der Waals surface area contributed by atoms with E-state index in [4.69, 9.17) is 0 Å². The quantitative estimate of drug-likeness (QED) is 0.912. The fourth-order valence-corrected chi connectivity index (χ4v) is 2.72. The summed E-state index contributed by atoms with van der Waals surface area (Å²) in [6.45, 7) is 3.87. The summed E-state index contributed by atoms with van der Waals surface area (Å²) in [5.74, 6) is -0.0946. The van der Waals surface area contributed by atoms with Crippen molar-refractivity contribution in [1.82, 2.24) is 10.3 Å². The van der Waals surface area contributed by atoms with Crippen LogP contribution in [0.2, 0.25) is 0 Å². The lowest BCUT2D eigenvalue weighted by Gasteiger charge is -2.04. The number of nitrogens with one attached hydrogen (secondary N) is 1. The second-order valence-corrected chi connectivity index (χ2v) is 5.45. The molecule has 16 heavy (non-hydrogen) atoms. The molecule has 2 heterocycles. The van der Waals surface area contributed by atoms with Crippen LogP contribution in [0.3, 0.4) is 0 Å². The van der Waals surface area contributed by atoms with E-state index >= 15 is 0 Å². The zero-order chi connectivity index (χ0) is 11.5. The van der Waals surface area contributed by atoms with Crippen LogP contribution in [0.15, 0.2) is 22.9 Å². The van der Waals surface area contributed by atoms with E-state index in [0.717, 1.165) is 10.6 Å². The third-order valence-electron chi connectivity index (χ3n) is 1.89. The van der Waals surface area contributed by atoms with Crippen LogP contribution in [0, 0.1) is 0 Å². The minimum atomic E-state index is -0.0946. The molecule has 2 aromatic rings. The van der Waals surface area contributed by atoms with Crippen molar-refractivity contribution in [2.75, 3.05) is 0 Å². The number of hydrogen-bond donors (Lipinski definition) is 1. The van der Waals surface area contributed by atoms with Gasteiger partial charge in [-0.3, -0.25) is 4.79 Å². The first-order valence-corrected chi connectivity index (χ1v) is 6.73. The van der Waals surface area contributed by atoms with Gasteiger partial charge < -0.3 is 5.32 Å². The van der Waals surface area contributed by atoms with Gasteiger partial charge >= 0.3 is 0 Å². The van der Waals surface area contributed by atoms with Gasteiger partial charge in [-0.15, -0.1) is 22.7 Å². The summed E-state index contributed by atoms with van der Waals surface area (Å²) in [5, 5.41) is 7.28. The van der Waals surface area contributed by atoms with Crippen LogP contribution in [0.25, 0.3) is 10.6 Å². The number of thiazole rings is 1. The van der Waals surface area contributed by atoms with Crippen LogP contribution in [-0.4, -0.2) is 16.9 Å². The van der Waals surface area contributed by atoms with E-state index in [0.29, 0.717) is 5.01 Å². The van der Waals surface area contributed by atoms with E-state index in [-0.39, 0.29) is 11.9 Å². The summed E-state index contributed by atoms with van der Waals surface area (Å²) in [6.07, 6.45) is 0. The molecule has 1 N–H and O–H groups in total. The van der Waals surface area contributed by atoms with E-state index in [9.17, 15) is 4.79 Å². The molecule has 84 valence electrons. The zero-order valence-corrected chi connectivity index (χ0v) is 10.7. The van der Waals surface area contributed by atoms with Gasteiger partial charge in [0.1, 0.15) is 0 Å². The molecule has 2 aromatic heterocycles. The Bertz CT molecular complexity index is 474. The number of thiophene rings is 1. The zero-order valence-electron chi connectivity index (χ0n) is 9.06. The predicted octanol–water partition coefficient (Wildman–Crippen LogP) is 3.01. The van der Waals surface area contributed by atoms with Crippen molar-refractivity contribution in [3.63, 3.8) is 0 Å². The number of carbonyl (C=O) groups is 1. The molecule has 0 saturated carbocycles. The SMILES string of the molecule is CC(C)NC(=O)c1nc(-c2cccs2)cs1. The smallest absolute Gasteiger partial charge is 0.280 e. The lowest BCUT2D eigenvalue weighted by molar-refractivity contribution is 0.0943. The lowest BCUT2D eigenvalue weighted by atomic mass is 10.4. The highest BCUT2D eigenvalue weighted by Gasteiger charge is 2.12. The summed E-state index contributed by atoms with van der Waals surface area (Å²) in [4.78, 5) is 17.1. The second kappa shape index (κ2) is 4.76. The summed E-state index contributed by atoms with van der Waals surface area (Å²) in [7, 11) is 0. The second-order valence-electron chi connectivity index (χ2n) is 3.64. The Morgan fingerprint density at radius 2 is 2.25 bits per heavy atom. The Balaban J connectivity index is 2.17. The summed E-state index contributed by atoms with van der Waals surface area (Å²) in [5.41, 5.74) is 0.883. The summed E-state index contributed by atoms with van der Waals surface area (Å²) >= 11 is 3.01. The number of carbonyl (C=O) groups excluding carboxylic acids is 1. The van der Waals surface area contributed by atoms with Crippen molar-refractivity contribution >= 4 is 28.6 Å². The Morgan fingerprint density at radius 3 is 2.88 bits per heavy atom. The molecular formula is C11H12N2OS2. The first-order chi connectivity index (χ1) is 7.66. The number of nitrogens with zero attached hydrogens (tertiary/aromatic N) is 1. The molecule has 0 spiro atoms. The van der Waals surface area contributed by atoms with Gasteiger partial charge in [0.2, 0.25) is 0 Å². The van der Waals surface area contributed by atoms with Crippen LogP contribution < -0.4 is 5.32 Å². The highest BCUT2D eigenvalue weighted by atomic mass is 32.1. The summed E-state index contributed by atoms with van der Waals surface area (Å²) in [6, 6.07) is 4.12. The molecule has 5 heteroatoms. The van der Waals surface area contributed by atoms with Crippen molar-refractivity contribution < 1.29 is 4.79 Å². The van der Waals surface area contributed by atoms with Gasteiger partial charge in [0.25, 0.3) is 5.91 Å². The molecule has 0 unspecified atom stereocenters. The maximum absolute atomic E-state index is 11.7. The van der Waals surface area contributed by atoms with Crippen LogP contribution in [0.5, 0.6) is 0 Å². The van der Waals surface area contributed by atoms with E-state index in [1.54, 1.807) is 11.3 Å². The molecule has 0 bridgehead atoms. The molecule has 0 radical (unpaired) electrons. The third kappa shape index (κ3) is 2.48. The Kier molecular flexibility index (Phi) is 3.36. The number of aromatic nitrogens is 1. The molecule has 3 nitrogen and oxygen atoms in total. The normalized spacial score (nSPS) is 10.7. The van der Waals surface area contributed by atoms with E-state index in [2.05, 4.69) is 10.3 Å². The lowest BCUT2D eigenvalue weighted by Crippen LogP contribution is -2.29. The molecule has 1 amide bonds. The van der Waals surface area contributed by atoms with Gasteiger partial charge in [-0.2, -0.15) is 0 Å². The Hall–Kier alpha value is -1.20. The minimum absolute atomic E-state index is 0.0946. The van der Waals surface area contributed by atoms with Crippen molar-refractivity contribution in [1.29, 1.82) is 0 Å². The first-order valence-electron chi connectivity index (χ1n) is 4.97. The largest absolute Gasteiger partial charge is 0.348 e. The topological polar surface area (TPSA) is 42.0 Å². The van der Waals surface area contributed by atoms with Crippen molar-refractivity contribution in [3.05, 3.63) is 27.9 Å². The fourth-order valence-electron chi connectivity index (χ4n) is 1.24. The third-order valence-corrected chi connectivity index (χ3v) is 3.63. The fraction of sp³-hybridized carbons (Fsp3) is 0.273. The van der Waals surface area contributed by atoms with Crippen LogP contribution in [-0.2, 0) is 0 Å². The highest BCUT2D eigenvalue weighted by molar-refractivity contribution is 7.15. The molecule has 0 aliphatic carbocycles. The average Bonchev–Trinajstić information content (AvgIpc) is 2.87. The minimum Gasteiger partial charge on any atom is -0.348 e. The predicted molar refractivity (Wildman–Crippen MR) is 68.0 cm³/mol. The highest BCUT2D eigenvalue weighted by Crippen LogP contribution is 2.25. The van der Waals surface area contributed by atoms with Gasteiger partial charge in [0.15, 0.2) is 5.01 Å². The summed E-state index contributed by atoms with van der Waals surface area (Å²) < 4.78 is 0. The van der Waals surface area contributed by atoms with Crippen LogP contribution in [0.4, 0.5) is 0 Å². The molecule has 0 fully saturated rings. The van der Waals surface area contributed by atoms with E-state index in [1.165, 1.54) is 11.3 Å². The standard InChI is InChI=1S/C11H12N2OS2/c1-7(2)12-10(14)11-13-8(6-16-11)9-4-3-5-15-9/h3-7H,1-2H3,(H,12,14). The molecule has 0 atom stereocenters. The maximum Gasteiger partial charge on any atom is 0.280 e. The van der Waals surface area contributed by atoms with Gasteiger partial charge in [0, 0.05) is 11.4 Å². The maximum atomic E-state index is 11.7. The van der Waals surface area contributed by atoms with Gasteiger partial charge in [-0.05, 0) is 25.3 Å². The average molecular weight is 252 g/mol. The molecule has 0 saturated heterocycles. The Morgan fingerprint density at radius 1 is 1.44 bits per heavy atom. The van der Waals surface area contributed by atoms with Crippen LogP contribution >= 0.6 is 22.7 Å². The van der Waals surface area contributed by atoms with Gasteiger partial charge in [-0.25, -0.2) is 4.98 Å². The number of amides is 1. The van der Waals surface area contributed by atoms with E-state index < -0.39 is 0 Å². The van der Waals surface area contributed by atoms with Gasteiger partial charge in [0.05, 0.1) is 10.6 Å². The van der Waals surface area contributed by atoms with Crippen molar-refractivity contribution in [2.45, 2.75) is 19.9 Å². The van der Waals surface area contributed by atoms with Crippen molar-refractivity contribution in [2.24, 2.45) is 0 Å².